The van der Waals surface area contributed by atoms with Gasteiger partial charge in [0.05, 0.1) is 0 Å². The molecule has 1 aromatic heterocycles. The lowest BCUT2D eigenvalue weighted by Gasteiger charge is -2.26. The van der Waals surface area contributed by atoms with Crippen molar-refractivity contribution in [2.45, 2.75) is 31.3 Å². The van der Waals surface area contributed by atoms with Crippen LogP contribution < -0.4 is 4.90 Å². The third kappa shape index (κ3) is 1.95. The first-order valence-corrected chi connectivity index (χ1v) is 6.62. The van der Waals surface area contributed by atoms with E-state index in [4.69, 9.17) is 5.26 Å². The van der Waals surface area contributed by atoms with E-state index >= 15 is 0 Å². The number of pyridine rings is 1. The Balaban J connectivity index is 1.83. The summed E-state index contributed by atoms with van der Waals surface area (Å²) in [5.41, 5.74) is 0.510. The monoisotopic (exact) mass is 242 g/mol. The minimum absolute atomic E-state index is 0.510. The molecule has 2 bridgehead atoms. The summed E-state index contributed by atoms with van der Waals surface area (Å²) < 4.78 is 0. The summed E-state index contributed by atoms with van der Waals surface area (Å²) in [5, 5.41) is 8.92. The average Bonchev–Trinajstić information content (AvgIpc) is 2.63. The van der Waals surface area contributed by atoms with Crippen molar-refractivity contribution in [3.63, 3.8) is 0 Å². The number of aromatic nitrogens is 1. The maximum absolute atomic E-state index is 8.92. The molecule has 2 fully saturated rings. The Morgan fingerprint density at radius 1 is 1.28 bits per heavy atom. The Morgan fingerprint density at radius 3 is 2.94 bits per heavy atom. The molecule has 0 radical (unpaired) electrons. The number of fused-ring (bicyclic) bond motifs is 2. The number of nitrogens with zero attached hydrogens (tertiary/aromatic N) is 4. The largest absolute Gasteiger partial charge is 0.355 e. The third-order valence-electron chi connectivity index (χ3n) is 4.32. The molecule has 0 N–H and O–H groups in total. The van der Waals surface area contributed by atoms with E-state index in [1.165, 1.54) is 19.3 Å². The molecule has 4 heteroatoms. The Hall–Kier alpha value is -1.60. The van der Waals surface area contributed by atoms with E-state index in [0.717, 1.165) is 24.9 Å². The third-order valence-corrected chi connectivity index (χ3v) is 4.32. The first-order valence-electron chi connectivity index (χ1n) is 6.62. The highest BCUT2D eigenvalue weighted by Crippen LogP contribution is 2.30. The number of nitriles is 1. The van der Waals surface area contributed by atoms with Crippen LogP contribution in [0.4, 0.5) is 5.82 Å². The zero-order valence-electron chi connectivity index (χ0n) is 10.7. The fourth-order valence-corrected chi connectivity index (χ4v) is 3.18. The van der Waals surface area contributed by atoms with Gasteiger partial charge in [-0.05, 0) is 38.4 Å². The fourth-order valence-electron chi connectivity index (χ4n) is 3.18. The van der Waals surface area contributed by atoms with Crippen molar-refractivity contribution >= 4 is 5.82 Å². The molecule has 4 nitrogen and oxygen atoms in total. The Morgan fingerprint density at radius 2 is 2.11 bits per heavy atom. The molecular weight excluding hydrogens is 224 g/mol. The molecule has 2 aliphatic heterocycles. The van der Waals surface area contributed by atoms with Gasteiger partial charge in [-0.25, -0.2) is 4.98 Å². The van der Waals surface area contributed by atoms with E-state index in [1.54, 1.807) is 6.07 Å². The lowest BCUT2D eigenvalue weighted by atomic mass is 10.1. The van der Waals surface area contributed by atoms with Crippen LogP contribution in [0.15, 0.2) is 18.2 Å². The molecule has 0 amide bonds. The highest BCUT2D eigenvalue weighted by molar-refractivity contribution is 5.42. The molecular formula is C14H18N4. The van der Waals surface area contributed by atoms with Gasteiger partial charge in [0.25, 0.3) is 0 Å². The van der Waals surface area contributed by atoms with Gasteiger partial charge in [-0.2, -0.15) is 5.26 Å². The maximum atomic E-state index is 8.92. The Kier molecular flexibility index (Phi) is 2.92. The predicted octanol–water partition coefficient (Wildman–Crippen LogP) is 1.63. The maximum Gasteiger partial charge on any atom is 0.142 e. The van der Waals surface area contributed by atoms with Gasteiger partial charge < -0.3 is 4.90 Å². The molecule has 3 rings (SSSR count). The van der Waals surface area contributed by atoms with E-state index in [0.29, 0.717) is 11.7 Å². The van der Waals surface area contributed by atoms with Crippen molar-refractivity contribution in [3.05, 3.63) is 23.9 Å². The number of likely N-dealkylation sites (N-methyl/N-ethyl adjacent to an activating group) is 1. The van der Waals surface area contributed by atoms with Crippen LogP contribution >= 0.6 is 0 Å². The molecule has 0 spiro atoms. The van der Waals surface area contributed by atoms with Crippen LogP contribution in [-0.2, 0) is 0 Å². The highest BCUT2D eigenvalue weighted by atomic mass is 15.3. The fraction of sp³-hybridized carbons (Fsp3) is 0.571. The van der Waals surface area contributed by atoms with E-state index in [-0.39, 0.29) is 0 Å². The molecule has 2 atom stereocenters. The second kappa shape index (κ2) is 4.58. The number of hydrogen-bond donors (Lipinski definition) is 0. The summed E-state index contributed by atoms with van der Waals surface area (Å²) in [6.45, 7) is 2.09. The van der Waals surface area contributed by atoms with E-state index in [2.05, 4.69) is 27.9 Å². The van der Waals surface area contributed by atoms with Crippen molar-refractivity contribution < 1.29 is 0 Å². The van der Waals surface area contributed by atoms with Crippen LogP contribution in [0.5, 0.6) is 0 Å². The van der Waals surface area contributed by atoms with Gasteiger partial charge in [0.15, 0.2) is 0 Å². The van der Waals surface area contributed by atoms with Gasteiger partial charge in [-0.15, -0.1) is 0 Å². The van der Waals surface area contributed by atoms with Crippen LogP contribution in [-0.4, -0.2) is 42.1 Å². The highest BCUT2D eigenvalue weighted by Gasteiger charge is 2.34. The summed E-state index contributed by atoms with van der Waals surface area (Å²) in [6, 6.07) is 9.20. The molecule has 0 aromatic carbocycles. The first-order chi connectivity index (χ1) is 8.78. The Bertz CT molecular complexity index is 479. The van der Waals surface area contributed by atoms with Crippen LogP contribution in [0.1, 0.15) is 25.0 Å². The summed E-state index contributed by atoms with van der Waals surface area (Å²) in [7, 11) is 2.24. The molecule has 0 saturated carbocycles. The average molecular weight is 242 g/mol. The lowest BCUT2D eigenvalue weighted by molar-refractivity contribution is 0.254. The quantitative estimate of drug-likeness (QED) is 0.750. The molecule has 0 unspecified atom stereocenters. The molecule has 2 saturated heterocycles. The van der Waals surface area contributed by atoms with Crippen LogP contribution in [0.2, 0.25) is 0 Å². The van der Waals surface area contributed by atoms with Crippen molar-refractivity contribution in [3.8, 4) is 6.07 Å². The summed E-state index contributed by atoms with van der Waals surface area (Å²) >= 11 is 0. The molecule has 1 aromatic rings. The lowest BCUT2D eigenvalue weighted by Crippen LogP contribution is -2.37. The zero-order chi connectivity index (χ0) is 12.5. The van der Waals surface area contributed by atoms with Crippen molar-refractivity contribution in [1.82, 2.24) is 9.88 Å². The molecule has 2 aliphatic rings. The van der Waals surface area contributed by atoms with Gasteiger partial charge in [0, 0.05) is 25.2 Å². The normalized spacial score (nSPS) is 27.9. The zero-order valence-corrected chi connectivity index (χ0v) is 10.7. The second-order valence-electron chi connectivity index (χ2n) is 5.28. The topological polar surface area (TPSA) is 43.2 Å². The van der Waals surface area contributed by atoms with Crippen molar-refractivity contribution in [1.29, 1.82) is 5.26 Å². The smallest absolute Gasteiger partial charge is 0.142 e. The predicted molar refractivity (Wildman–Crippen MR) is 70.4 cm³/mol. The van der Waals surface area contributed by atoms with E-state index in [9.17, 15) is 0 Å². The van der Waals surface area contributed by atoms with Gasteiger partial charge in [0.1, 0.15) is 17.6 Å². The molecule has 94 valence electrons. The minimum Gasteiger partial charge on any atom is -0.355 e. The second-order valence-corrected chi connectivity index (χ2v) is 5.28. The van der Waals surface area contributed by atoms with Gasteiger partial charge in [-0.1, -0.05) is 6.07 Å². The number of anilines is 1. The Labute approximate surface area is 108 Å². The van der Waals surface area contributed by atoms with Gasteiger partial charge in [-0.3, -0.25) is 4.90 Å². The van der Waals surface area contributed by atoms with Crippen molar-refractivity contribution in [2.75, 3.05) is 25.0 Å². The minimum atomic E-state index is 0.510. The van der Waals surface area contributed by atoms with Crippen molar-refractivity contribution in [2.24, 2.45) is 0 Å². The molecule has 3 heterocycles. The standard InChI is InChI=1S/C14H18N4/c1-17-12-5-6-13(17)10-18(8-7-12)14-4-2-3-11(9-15)16-14/h2-4,12-13H,5-8,10H2,1H3/t12-,13+/m0/s1. The van der Waals surface area contributed by atoms with Gasteiger partial charge >= 0.3 is 0 Å². The summed E-state index contributed by atoms with van der Waals surface area (Å²) in [5.74, 6) is 0.954. The van der Waals surface area contributed by atoms with E-state index in [1.807, 2.05) is 12.1 Å². The van der Waals surface area contributed by atoms with Crippen LogP contribution in [0.25, 0.3) is 0 Å². The summed E-state index contributed by atoms with van der Waals surface area (Å²) in [6.07, 6.45) is 3.82. The summed E-state index contributed by atoms with van der Waals surface area (Å²) in [4.78, 5) is 9.27. The van der Waals surface area contributed by atoms with E-state index < -0.39 is 0 Å². The molecule has 0 aliphatic carbocycles. The molecule has 18 heavy (non-hydrogen) atoms. The SMILES string of the molecule is CN1[C@H]2CC[C@@H]1CN(c1cccc(C#N)n1)CC2. The number of hydrogen-bond acceptors (Lipinski definition) is 4. The van der Waals surface area contributed by atoms with Crippen LogP contribution in [0.3, 0.4) is 0 Å². The first kappa shape index (κ1) is 11.5. The van der Waals surface area contributed by atoms with Gasteiger partial charge in [0.2, 0.25) is 0 Å². The number of rotatable bonds is 1. The van der Waals surface area contributed by atoms with Crippen LogP contribution in [0, 0.1) is 11.3 Å².